The maximum atomic E-state index is 6.42. The third-order valence-electron chi connectivity index (χ3n) is 3.19. The van der Waals surface area contributed by atoms with E-state index in [0.717, 1.165) is 37.4 Å². The van der Waals surface area contributed by atoms with Crippen LogP contribution >= 0.6 is 50.1 Å². The van der Waals surface area contributed by atoms with Crippen LogP contribution in [0.15, 0.2) is 28.9 Å². The van der Waals surface area contributed by atoms with Crippen LogP contribution in [-0.4, -0.2) is 35.3 Å². The van der Waals surface area contributed by atoms with E-state index in [1.54, 1.807) is 6.20 Å². The molecule has 2 rings (SSSR count). The number of halogens is 3. The number of benzene rings is 1. The maximum absolute atomic E-state index is 6.42. The zero-order valence-corrected chi connectivity index (χ0v) is 16.4. The summed E-state index contributed by atoms with van der Waals surface area (Å²) in [6.07, 6.45) is 1.79. The number of nitrogens with zero attached hydrogens (tertiary/aromatic N) is 3. The first kappa shape index (κ1) is 17.2. The molecule has 1 aromatic heterocycles. The van der Waals surface area contributed by atoms with E-state index in [1.165, 1.54) is 0 Å². The molecule has 0 amide bonds. The molecule has 0 aliphatic rings. The predicted octanol–water partition coefficient (Wildman–Crippen LogP) is 3.51. The Morgan fingerprint density at radius 2 is 2.19 bits per heavy atom. The molecule has 2 aromatic rings. The highest BCUT2D eigenvalue weighted by Crippen LogP contribution is 2.29. The van der Waals surface area contributed by atoms with Gasteiger partial charge in [-0.3, -0.25) is 4.68 Å². The quantitative estimate of drug-likeness (QED) is 0.663. The number of likely N-dealkylation sites (N-methyl/N-ethyl adjacent to an activating group) is 1. The first-order valence-corrected chi connectivity index (χ1v) is 8.71. The van der Waals surface area contributed by atoms with Gasteiger partial charge in [0.2, 0.25) is 0 Å². The summed E-state index contributed by atoms with van der Waals surface area (Å²) >= 11 is 11.9. The van der Waals surface area contributed by atoms with Crippen molar-refractivity contribution in [3.05, 3.63) is 48.7 Å². The molecule has 2 N–H and O–H groups in total. The van der Waals surface area contributed by atoms with Crippen molar-refractivity contribution < 1.29 is 0 Å². The van der Waals surface area contributed by atoms with Crippen molar-refractivity contribution in [2.24, 2.45) is 5.73 Å². The van der Waals surface area contributed by atoms with Crippen LogP contribution in [0.1, 0.15) is 17.3 Å². The van der Waals surface area contributed by atoms with Crippen LogP contribution in [0.5, 0.6) is 0 Å². The Balaban J connectivity index is 2.31. The summed E-state index contributed by atoms with van der Waals surface area (Å²) < 4.78 is 3.88. The van der Waals surface area contributed by atoms with Gasteiger partial charge < -0.3 is 10.6 Å². The fourth-order valence-corrected chi connectivity index (χ4v) is 3.09. The topological polar surface area (TPSA) is 47.1 Å². The molecule has 4 nitrogen and oxygen atoms in total. The lowest BCUT2D eigenvalue weighted by atomic mass is 10.0. The summed E-state index contributed by atoms with van der Waals surface area (Å²) in [6.45, 7) is 1.70. The second-order valence-corrected chi connectivity index (χ2v) is 7.48. The lowest BCUT2D eigenvalue weighted by molar-refractivity contribution is 0.368. The molecule has 114 valence electrons. The Morgan fingerprint density at radius 3 is 2.81 bits per heavy atom. The van der Waals surface area contributed by atoms with E-state index in [2.05, 4.69) is 48.5 Å². The molecule has 0 saturated heterocycles. The summed E-state index contributed by atoms with van der Waals surface area (Å²) in [5.74, 6) is 0. The van der Waals surface area contributed by atoms with Crippen molar-refractivity contribution in [1.82, 2.24) is 14.7 Å². The van der Waals surface area contributed by atoms with Gasteiger partial charge in [-0.2, -0.15) is 5.10 Å². The highest BCUT2D eigenvalue weighted by atomic mass is 127. The molecule has 0 aliphatic heterocycles. The van der Waals surface area contributed by atoms with Crippen molar-refractivity contribution >= 4 is 50.1 Å². The molecule has 0 spiro atoms. The molecule has 1 heterocycles. The normalized spacial score (nSPS) is 12.9. The van der Waals surface area contributed by atoms with Crippen LogP contribution in [0.4, 0.5) is 0 Å². The van der Waals surface area contributed by atoms with Gasteiger partial charge in [0.15, 0.2) is 0 Å². The summed E-state index contributed by atoms with van der Waals surface area (Å²) in [6, 6.07) is 5.64. The monoisotopic (exact) mass is 482 g/mol. The molecule has 1 unspecified atom stereocenters. The molecular formula is C14H17BrClIN4. The van der Waals surface area contributed by atoms with E-state index in [1.807, 2.05) is 37.0 Å². The summed E-state index contributed by atoms with van der Waals surface area (Å²) in [7, 11) is 4.08. The van der Waals surface area contributed by atoms with Crippen LogP contribution < -0.4 is 5.73 Å². The molecule has 21 heavy (non-hydrogen) atoms. The Labute approximate surface area is 151 Å². The van der Waals surface area contributed by atoms with Crippen molar-refractivity contribution in [3.63, 3.8) is 0 Å². The first-order valence-electron chi connectivity index (χ1n) is 6.46. The second kappa shape index (κ2) is 7.41. The van der Waals surface area contributed by atoms with Crippen LogP contribution in [0.3, 0.4) is 0 Å². The molecule has 0 bridgehead atoms. The average molecular weight is 484 g/mol. The lowest BCUT2D eigenvalue weighted by Crippen LogP contribution is -2.23. The number of hydrogen-bond acceptors (Lipinski definition) is 3. The van der Waals surface area contributed by atoms with Crippen molar-refractivity contribution in [3.8, 4) is 0 Å². The minimum atomic E-state index is -0.265. The van der Waals surface area contributed by atoms with Gasteiger partial charge in [0.25, 0.3) is 0 Å². The molecule has 0 fully saturated rings. The molecule has 0 aliphatic carbocycles. The van der Waals surface area contributed by atoms with Crippen molar-refractivity contribution in [2.75, 3.05) is 20.6 Å². The molecule has 0 saturated carbocycles. The predicted molar refractivity (Wildman–Crippen MR) is 98.7 cm³/mol. The Hall–Kier alpha value is -0.150. The largest absolute Gasteiger partial charge is 0.319 e. The van der Waals surface area contributed by atoms with E-state index < -0.39 is 0 Å². The van der Waals surface area contributed by atoms with Crippen molar-refractivity contribution in [1.29, 1.82) is 0 Å². The number of hydrogen-bond donors (Lipinski definition) is 1. The van der Waals surface area contributed by atoms with Gasteiger partial charge in [-0.15, -0.1) is 0 Å². The second-order valence-electron chi connectivity index (χ2n) is 5.06. The van der Waals surface area contributed by atoms with Gasteiger partial charge >= 0.3 is 0 Å². The van der Waals surface area contributed by atoms with Crippen molar-refractivity contribution in [2.45, 2.75) is 12.6 Å². The summed E-state index contributed by atoms with van der Waals surface area (Å²) in [4.78, 5) is 2.12. The van der Waals surface area contributed by atoms with Gasteiger partial charge in [0.1, 0.15) is 0 Å². The van der Waals surface area contributed by atoms with E-state index in [-0.39, 0.29) is 6.04 Å². The zero-order valence-electron chi connectivity index (χ0n) is 11.9. The lowest BCUT2D eigenvalue weighted by Gasteiger charge is -2.17. The molecule has 1 atom stereocenters. The maximum Gasteiger partial charge on any atom is 0.0739 e. The number of aromatic nitrogens is 2. The fourth-order valence-electron chi connectivity index (χ4n) is 2.02. The summed E-state index contributed by atoms with van der Waals surface area (Å²) in [5, 5.41) is 5.12. The van der Waals surface area contributed by atoms with Gasteiger partial charge in [-0.05, 0) is 70.3 Å². The van der Waals surface area contributed by atoms with Crippen LogP contribution in [0.25, 0.3) is 0 Å². The Bertz CT molecular complexity index is 629. The molecule has 0 radical (unpaired) electrons. The Morgan fingerprint density at radius 1 is 1.48 bits per heavy atom. The number of rotatable bonds is 5. The molecule has 1 aromatic carbocycles. The zero-order chi connectivity index (χ0) is 15.6. The van der Waals surface area contributed by atoms with Gasteiger partial charge in [-0.25, -0.2) is 0 Å². The van der Waals surface area contributed by atoms with E-state index in [4.69, 9.17) is 17.3 Å². The van der Waals surface area contributed by atoms with Gasteiger partial charge in [0.05, 0.1) is 34.0 Å². The highest BCUT2D eigenvalue weighted by molar-refractivity contribution is 14.1. The smallest absolute Gasteiger partial charge is 0.0739 e. The third-order valence-corrected chi connectivity index (χ3v) is 5.37. The third kappa shape index (κ3) is 4.19. The number of nitrogens with two attached hydrogens (primary N) is 1. The van der Waals surface area contributed by atoms with Crippen LogP contribution in [-0.2, 0) is 6.54 Å². The fraction of sp³-hybridized carbons (Fsp3) is 0.357. The SMILES string of the molecule is CN(C)CCn1ncc(Br)c1C(N)c1ccc(I)c(Cl)c1. The van der Waals surface area contributed by atoms with Crippen LogP contribution in [0, 0.1) is 3.57 Å². The first-order chi connectivity index (χ1) is 9.90. The van der Waals surface area contributed by atoms with Crippen LogP contribution in [0.2, 0.25) is 5.02 Å². The Kier molecular flexibility index (Phi) is 6.07. The van der Waals surface area contributed by atoms with Gasteiger partial charge in [0, 0.05) is 10.1 Å². The van der Waals surface area contributed by atoms with E-state index >= 15 is 0 Å². The average Bonchev–Trinajstić information content (AvgIpc) is 2.80. The summed E-state index contributed by atoms with van der Waals surface area (Å²) in [5.41, 5.74) is 8.37. The van der Waals surface area contributed by atoms with Gasteiger partial charge in [-0.1, -0.05) is 17.7 Å². The standard InChI is InChI=1S/C14H17BrClIN4/c1-20(2)5-6-21-14(10(15)8-19-21)13(18)9-3-4-12(17)11(16)7-9/h3-4,7-8,13H,5-6,18H2,1-2H3. The molecular weight excluding hydrogens is 466 g/mol. The molecule has 7 heteroatoms. The minimum absolute atomic E-state index is 0.265. The van der Waals surface area contributed by atoms with E-state index in [0.29, 0.717) is 0 Å². The highest BCUT2D eigenvalue weighted by Gasteiger charge is 2.19. The van der Waals surface area contributed by atoms with E-state index in [9.17, 15) is 0 Å². The minimum Gasteiger partial charge on any atom is -0.319 e.